The Morgan fingerprint density at radius 3 is 2.46 bits per heavy atom. The molecule has 0 bridgehead atoms. The molecule has 0 aliphatic rings. The van der Waals surface area contributed by atoms with E-state index in [1.54, 1.807) is 6.92 Å². The van der Waals surface area contributed by atoms with E-state index in [9.17, 15) is 4.79 Å². The first-order valence-corrected chi connectivity index (χ1v) is 5.05. The van der Waals surface area contributed by atoms with Crippen molar-refractivity contribution in [3.05, 3.63) is 11.6 Å². The largest absolute Gasteiger partial charge is 0.481 e. The van der Waals surface area contributed by atoms with Crippen molar-refractivity contribution < 1.29 is 9.90 Å². The summed E-state index contributed by atoms with van der Waals surface area (Å²) >= 11 is 0. The number of carboxylic acids is 1. The van der Waals surface area contributed by atoms with Gasteiger partial charge < -0.3 is 5.11 Å². The summed E-state index contributed by atoms with van der Waals surface area (Å²) in [5, 5.41) is 8.80. The molecule has 13 heavy (non-hydrogen) atoms. The van der Waals surface area contributed by atoms with E-state index in [4.69, 9.17) is 5.11 Å². The second-order valence-electron chi connectivity index (χ2n) is 3.33. The van der Waals surface area contributed by atoms with Gasteiger partial charge in [-0.25, -0.2) is 0 Å². The molecule has 0 heterocycles. The quantitative estimate of drug-likeness (QED) is 0.508. The van der Waals surface area contributed by atoms with Crippen molar-refractivity contribution in [3.63, 3.8) is 0 Å². The summed E-state index contributed by atoms with van der Waals surface area (Å²) in [7, 11) is 0. The molecule has 2 heteroatoms. The molecule has 0 aromatic heterocycles. The molecule has 0 aromatic rings. The van der Waals surface area contributed by atoms with Gasteiger partial charge in [-0.05, 0) is 19.8 Å². The van der Waals surface area contributed by atoms with Crippen molar-refractivity contribution >= 4 is 5.97 Å². The van der Waals surface area contributed by atoms with Crippen LogP contribution in [-0.2, 0) is 4.79 Å². The molecule has 0 rings (SSSR count). The molecular formula is C11H20O2. The molecule has 0 fully saturated rings. The molecule has 1 unspecified atom stereocenters. The van der Waals surface area contributed by atoms with E-state index >= 15 is 0 Å². The summed E-state index contributed by atoms with van der Waals surface area (Å²) < 4.78 is 0. The molecule has 0 aliphatic carbocycles. The summed E-state index contributed by atoms with van der Waals surface area (Å²) in [4.78, 5) is 10.7. The maximum Gasteiger partial charge on any atom is 0.310 e. The molecule has 2 nitrogen and oxygen atoms in total. The lowest BCUT2D eigenvalue weighted by Crippen LogP contribution is -2.11. The standard InChI is InChI=1S/C11H20O2/c1-4-6-7-8-10(5-2)9(3)11(12)13/h8-9H,4-7H2,1-3H3,(H,12,13)/b10-8+. The van der Waals surface area contributed by atoms with Gasteiger partial charge in [0.2, 0.25) is 0 Å². The van der Waals surface area contributed by atoms with Crippen LogP contribution in [0.1, 0.15) is 46.5 Å². The molecule has 0 saturated heterocycles. The second-order valence-corrected chi connectivity index (χ2v) is 3.33. The van der Waals surface area contributed by atoms with E-state index in [-0.39, 0.29) is 5.92 Å². The van der Waals surface area contributed by atoms with Crippen LogP contribution in [0.15, 0.2) is 11.6 Å². The zero-order chi connectivity index (χ0) is 10.3. The molecule has 0 aromatic carbocycles. The highest BCUT2D eigenvalue weighted by Crippen LogP contribution is 2.16. The molecule has 1 atom stereocenters. The Hall–Kier alpha value is -0.790. The number of allylic oxidation sites excluding steroid dienone is 1. The first kappa shape index (κ1) is 12.2. The van der Waals surface area contributed by atoms with Crippen LogP contribution in [0.5, 0.6) is 0 Å². The van der Waals surface area contributed by atoms with Gasteiger partial charge in [0, 0.05) is 0 Å². The van der Waals surface area contributed by atoms with Crippen molar-refractivity contribution in [1.29, 1.82) is 0 Å². The van der Waals surface area contributed by atoms with Crippen molar-refractivity contribution in [3.8, 4) is 0 Å². The van der Waals surface area contributed by atoms with Gasteiger partial charge in [-0.15, -0.1) is 0 Å². The smallest absolute Gasteiger partial charge is 0.310 e. The zero-order valence-electron chi connectivity index (χ0n) is 8.84. The Bertz CT molecular complexity index is 183. The van der Waals surface area contributed by atoms with Crippen molar-refractivity contribution in [2.75, 3.05) is 0 Å². The fraction of sp³-hybridized carbons (Fsp3) is 0.727. The Balaban J connectivity index is 4.14. The molecule has 76 valence electrons. The minimum Gasteiger partial charge on any atom is -0.481 e. The Morgan fingerprint density at radius 2 is 2.08 bits per heavy atom. The number of hydrogen-bond donors (Lipinski definition) is 1. The topological polar surface area (TPSA) is 37.3 Å². The minimum atomic E-state index is -0.718. The molecule has 1 N–H and O–H groups in total. The first-order chi connectivity index (χ1) is 6.13. The third kappa shape index (κ3) is 4.71. The van der Waals surface area contributed by atoms with Gasteiger partial charge in [0.1, 0.15) is 0 Å². The minimum absolute atomic E-state index is 0.318. The molecule has 0 spiro atoms. The lowest BCUT2D eigenvalue weighted by atomic mass is 9.97. The highest BCUT2D eigenvalue weighted by molar-refractivity contribution is 5.73. The molecule has 0 radical (unpaired) electrons. The molecule has 0 aliphatic heterocycles. The third-order valence-electron chi connectivity index (χ3n) is 2.30. The predicted octanol–water partition coefficient (Wildman–Crippen LogP) is 3.23. The highest BCUT2D eigenvalue weighted by atomic mass is 16.4. The maximum absolute atomic E-state index is 10.7. The van der Waals surface area contributed by atoms with Crippen LogP contribution < -0.4 is 0 Å². The highest BCUT2D eigenvalue weighted by Gasteiger charge is 2.13. The predicted molar refractivity (Wildman–Crippen MR) is 54.7 cm³/mol. The number of carboxylic acid groups (broad SMARTS) is 1. The monoisotopic (exact) mass is 184 g/mol. The number of rotatable bonds is 6. The van der Waals surface area contributed by atoms with Crippen LogP contribution in [0.4, 0.5) is 0 Å². The van der Waals surface area contributed by atoms with Gasteiger partial charge in [0.15, 0.2) is 0 Å². The lowest BCUT2D eigenvalue weighted by Gasteiger charge is -2.09. The third-order valence-corrected chi connectivity index (χ3v) is 2.30. The molecular weight excluding hydrogens is 164 g/mol. The van der Waals surface area contributed by atoms with E-state index in [1.165, 1.54) is 0 Å². The number of unbranched alkanes of at least 4 members (excludes halogenated alkanes) is 2. The summed E-state index contributed by atoms with van der Waals surface area (Å²) in [5.74, 6) is -1.04. The zero-order valence-corrected chi connectivity index (χ0v) is 8.84. The first-order valence-electron chi connectivity index (χ1n) is 5.05. The van der Waals surface area contributed by atoms with E-state index < -0.39 is 5.97 Å². The number of hydrogen-bond acceptors (Lipinski definition) is 1. The summed E-state index contributed by atoms with van der Waals surface area (Å²) in [5.41, 5.74) is 1.06. The lowest BCUT2D eigenvalue weighted by molar-refractivity contribution is -0.139. The Labute approximate surface area is 80.7 Å². The van der Waals surface area contributed by atoms with Gasteiger partial charge in [-0.2, -0.15) is 0 Å². The van der Waals surface area contributed by atoms with Crippen LogP contribution in [-0.4, -0.2) is 11.1 Å². The van der Waals surface area contributed by atoms with E-state index in [2.05, 4.69) is 13.0 Å². The fourth-order valence-electron chi connectivity index (χ4n) is 1.28. The van der Waals surface area contributed by atoms with E-state index in [0.29, 0.717) is 0 Å². The normalized spacial score (nSPS) is 14.2. The fourth-order valence-corrected chi connectivity index (χ4v) is 1.28. The van der Waals surface area contributed by atoms with Gasteiger partial charge in [-0.1, -0.05) is 38.3 Å². The number of aliphatic carboxylic acids is 1. The van der Waals surface area contributed by atoms with Gasteiger partial charge in [0.05, 0.1) is 5.92 Å². The SMILES string of the molecule is CCCC/C=C(\CC)C(C)C(=O)O. The van der Waals surface area contributed by atoms with Crippen LogP contribution >= 0.6 is 0 Å². The number of carbonyl (C=O) groups is 1. The maximum atomic E-state index is 10.7. The van der Waals surface area contributed by atoms with Crippen LogP contribution in [0.2, 0.25) is 0 Å². The van der Waals surface area contributed by atoms with Crippen molar-refractivity contribution in [1.82, 2.24) is 0 Å². The van der Waals surface area contributed by atoms with Crippen LogP contribution in [0.25, 0.3) is 0 Å². The van der Waals surface area contributed by atoms with E-state index in [0.717, 1.165) is 31.3 Å². The summed E-state index contributed by atoms with van der Waals surface area (Å²) in [6.07, 6.45) is 6.25. The summed E-state index contributed by atoms with van der Waals surface area (Å²) in [6, 6.07) is 0. The van der Waals surface area contributed by atoms with Crippen molar-refractivity contribution in [2.24, 2.45) is 5.92 Å². The van der Waals surface area contributed by atoms with E-state index in [1.807, 2.05) is 6.92 Å². The average molecular weight is 184 g/mol. The van der Waals surface area contributed by atoms with Crippen LogP contribution in [0.3, 0.4) is 0 Å². The Kier molecular flexibility index (Phi) is 6.29. The van der Waals surface area contributed by atoms with Gasteiger partial charge in [-0.3, -0.25) is 4.79 Å². The van der Waals surface area contributed by atoms with Crippen LogP contribution in [0, 0.1) is 5.92 Å². The summed E-state index contributed by atoms with van der Waals surface area (Å²) in [6.45, 7) is 5.90. The van der Waals surface area contributed by atoms with Gasteiger partial charge >= 0.3 is 5.97 Å². The molecule has 0 saturated carbocycles. The van der Waals surface area contributed by atoms with Crippen molar-refractivity contribution in [2.45, 2.75) is 46.5 Å². The molecule has 0 amide bonds. The van der Waals surface area contributed by atoms with Gasteiger partial charge in [0.25, 0.3) is 0 Å². The Morgan fingerprint density at radius 1 is 1.46 bits per heavy atom. The average Bonchev–Trinajstić information content (AvgIpc) is 2.11. The second kappa shape index (κ2) is 6.70.